The molecule has 0 aromatic carbocycles. The maximum absolute atomic E-state index is 5.16. The molecule has 0 amide bonds. The lowest BCUT2D eigenvalue weighted by Crippen LogP contribution is -2.08. The average Bonchev–Trinajstić information content (AvgIpc) is 2.71. The molecule has 17 heavy (non-hydrogen) atoms. The third-order valence-electron chi connectivity index (χ3n) is 1.81. The Morgan fingerprint density at radius 2 is 2.00 bits per heavy atom. The Kier molecular flexibility index (Phi) is 4.68. The monoisotopic (exact) mass is 237 g/mol. The smallest absolute Gasteiger partial charge is 0.278 e. The highest BCUT2D eigenvalue weighted by atomic mass is 16.5. The fourth-order valence-electron chi connectivity index (χ4n) is 1.07. The minimum atomic E-state index is 0.439. The van der Waals surface area contributed by atoms with Crippen LogP contribution < -0.4 is 0 Å². The molecule has 0 spiro atoms. The largest absolute Gasteiger partial charge is 0.382 e. The first-order valence-corrected chi connectivity index (χ1v) is 5.44. The minimum absolute atomic E-state index is 0.439. The molecular formula is C11H19N5O. The fourth-order valence-corrected chi connectivity index (χ4v) is 1.07. The molecule has 0 fully saturated rings. The van der Waals surface area contributed by atoms with Crippen molar-refractivity contribution in [2.24, 2.45) is 4.99 Å². The molecule has 0 aliphatic carbocycles. The number of nitrogens with zero attached hydrogens (tertiary/aromatic N) is 5. The van der Waals surface area contributed by atoms with Crippen LogP contribution in [0.2, 0.25) is 0 Å². The summed E-state index contributed by atoms with van der Waals surface area (Å²) < 4.78 is 5.16. The van der Waals surface area contributed by atoms with Gasteiger partial charge in [-0.3, -0.25) is 0 Å². The topological polar surface area (TPSA) is 57.8 Å². The van der Waals surface area contributed by atoms with E-state index >= 15 is 0 Å². The summed E-state index contributed by atoms with van der Waals surface area (Å²) in [6.45, 7) is 1.98. The molecular weight excluding hydrogens is 218 g/mol. The van der Waals surface area contributed by atoms with E-state index in [9.17, 15) is 0 Å². The molecule has 1 aromatic heterocycles. The summed E-state index contributed by atoms with van der Waals surface area (Å²) in [4.78, 5) is 12.3. The van der Waals surface area contributed by atoms with Crippen LogP contribution in [0.4, 0.5) is 0 Å². The first-order valence-electron chi connectivity index (χ1n) is 5.44. The van der Waals surface area contributed by atoms with Crippen LogP contribution in [0.5, 0.6) is 0 Å². The Balaban J connectivity index is 2.98. The Bertz CT molecular complexity index is 406. The van der Waals surface area contributed by atoms with E-state index in [1.165, 1.54) is 0 Å². The van der Waals surface area contributed by atoms with E-state index in [1.807, 2.05) is 51.1 Å². The summed E-state index contributed by atoms with van der Waals surface area (Å²) in [5, 5.41) is 3.86. The van der Waals surface area contributed by atoms with Gasteiger partial charge < -0.3 is 14.3 Å². The van der Waals surface area contributed by atoms with Crippen molar-refractivity contribution < 1.29 is 4.52 Å². The van der Waals surface area contributed by atoms with Crippen LogP contribution in [0, 0.1) is 0 Å². The van der Waals surface area contributed by atoms with E-state index in [1.54, 1.807) is 6.34 Å². The molecule has 1 heterocycles. The van der Waals surface area contributed by atoms with Crippen LogP contribution in [-0.4, -0.2) is 54.5 Å². The fraction of sp³-hybridized carbons (Fsp3) is 0.545. The molecule has 0 radical (unpaired) electrons. The van der Waals surface area contributed by atoms with Gasteiger partial charge in [0.1, 0.15) is 5.70 Å². The Morgan fingerprint density at radius 3 is 2.47 bits per heavy atom. The predicted octanol–water partition coefficient (Wildman–Crippen LogP) is 1.08. The van der Waals surface area contributed by atoms with E-state index in [4.69, 9.17) is 4.52 Å². The Hall–Kier alpha value is -1.85. The summed E-state index contributed by atoms with van der Waals surface area (Å²) in [6, 6.07) is 0. The van der Waals surface area contributed by atoms with E-state index in [0.717, 1.165) is 6.42 Å². The average molecular weight is 237 g/mol. The van der Waals surface area contributed by atoms with Crippen molar-refractivity contribution in [1.29, 1.82) is 0 Å². The quantitative estimate of drug-likeness (QED) is 0.566. The zero-order valence-electron chi connectivity index (χ0n) is 11.0. The number of aromatic nitrogens is 2. The minimum Gasteiger partial charge on any atom is -0.382 e. The molecule has 0 N–H and O–H groups in total. The number of rotatable bonds is 5. The van der Waals surface area contributed by atoms with Gasteiger partial charge in [0.05, 0.1) is 6.34 Å². The van der Waals surface area contributed by atoms with Gasteiger partial charge in [0.25, 0.3) is 5.89 Å². The van der Waals surface area contributed by atoms with Crippen molar-refractivity contribution in [3.63, 3.8) is 0 Å². The number of aliphatic imine (C=N–C) groups is 1. The highest BCUT2D eigenvalue weighted by Crippen LogP contribution is 2.13. The summed E-state index contributed by atoms with van der Waals surface area (Å²) in [7, 11) is 7.65. The normalized spacial score (nSPS) is 12.2. The predicted molar refractivity (Wildman–Crippen MR) is 67.5 cm³/mol. The van der Waals surface area contributed by atoms with Crippen LogP contribution >= 0.6 is 0 Å². The molecule has 0 aliphatic heterocycles. The lowest BCUT2D eigenvalue weighted by atomic mass is 10.4. The maximum atomic E-state index is 5.16. The van der Waals surface area contributed by atoms with Gasteiger partial charge in [-0.05, 0) is 0 Å². The second kappa shape index (κ2) is 6.03. The molecule has 0 unspecified atom stereocenters. The van der Waals surface area contributed by atoms with Crippen LogP contribution in [0.1, 0.15) is 18.6 Å². The third kappa shape index (κ3) is 4.26. The summed E-state index contributed by atoms with van der Waals surface area (Å²) >= 11 is 0. The van der Waals surface area contributed by atoms with Crippen LogP contribution in [-0.2, 0) is 6.42 Å². The van der Waals surface area contributed by atoms with Gasteiger partial charge in [-0.2, -0.15) is 4.98 Å². The molecule has 0 saturated carbocycles. The maximum Gasteiger partial charge on any atom is 0.278 e. The van der Waals surface area contributed by atoms with Crippen LogP contribution in [0.25, 0.3) is 5.70 Å². The summed E-state index contributed by atoms with van der Waals surface area (Å²) in [5.74, 6) is 1.12. The van der Waals surface area contributed by atoms with Crippen LogP contribution in [0.3, 0.4) is 0 Å². The molecule has 1 aromatic rings. The second-order valence-corrected chi connectivity index (χ2v) is 4.06. The zero-order chi connectivity index (χ0) is 12.8. The Morgan fingerprint density at radius 1 is 1.29 bits per heavy atom. The van der Waals surface area contributed by atoms with Crippen molar-refractivity contribution in [2.45, 2.75) is 13.3 Å². The molecule has 0 bridgehead atoms. The van der Waals surface area contributed by atoms with E-state index < -0.39 is 0 Å². The van der Waals surface area contributed by atoms with Gasteiger partial charge in [-0.25, -0.2) is 4.99 Å². The second-order valence-electron chi connectivity index (χ2n) is 4.06. The number of aryl methyl sites for hydroxylation is 1. The first-order chi connectivity index (χ1) is 8.02. The van der Waals surface area contributed by atoms with Gasteiger partial charge in [0.2, 0.25) is 0 Å². The Labute approximate surface area is 102 Å². The summed E-state index contributed by atoms with van der Waals surface area (Å²) in [5.41, 5.74) is 0.649. The SMILES string of the molecule is CCc1noc(/C(=C\N(C)C)N=CN(C)C)n1. The molecule has 6 heteroatoms. The van der Waals surface area contributed by atoms with Gasteiger partial charge in [0, 0.05) is 40.8 Å². The van der Waals surface area contributed by atoms with Crippen LogP contribution in [0.15, 0.2) is 15.7 Å². The van der Waals surface area contributed by atoms with Crippen molar-refractivity contribution in [3.05, 3.63) is 17.9 Å². The molecule has 6 nitrogen and oxygen atoms in total. The molecule has 1 rings (SSSR count). The van der Waals surface area contributed by atoms with Gasteiger partial charge in [-0.15, -0.1) is 0 Å². The van der Waals surface area contributed by atoms with Gasteiger partial charge in [-0.1, -0.05) is 12.1 Å². The number of hydrogen-bond acceptors (Lipinski definition) is 5. The lowest BCUT2D eigenvalue weighted by molar-refractivity contribution is 0.399. The van der Waals surface area contributed by atoms with E-state index in [-0.39, 0.29) is 0 Å². The summed E-state index contributed by atoms with van der Waals surface area (Å²) in [6.07, 6.45) is 4.29. The highest BCUT2D eigenvalue weighted by Gasteiger charge is 2.10. The first kappa shape index (κ1) is 13.2. The molecule has 0 atom stereocenters. The van der Waals surface area contributed by atoms with E-state index in [0.29, 0.717) is 17.4 Å². The van der Waals surface area contributed by atoms with Gasteiger partial charge >= 0.3 is 0 Å². The van der Waals surface area contributed by atoms with Crippen molar-refractivity contribution in [2.75, 3.05) is 28.2 Å². The zero-order valence-corrected chi connectivity index (χ0v) is 11.0. The van der Waals surface area contributed by atoms with E-state index in [2.05, 4.69) is 15.1 Å². The highest BCUT2D eigenvalue weighted by molar-refractivity contribution is 5.68. The van der Waals surface area contributed by atoms with Crippen molar-refractivity contribution >= 4 is 12.0 Å². The van der Waals surface area contributed by atoms with Crippen molar-refractivity contribution in [3.8, 4) is 0 Å². The molecule has 0 aliphatic rings. The third-order valence-corrected chi connectivity index (χ3v) is 1.81. The molecule has 0 saturated heterocycles. The lowest BCUT2D eigenvalue weighted by Gasteiger charge is -2.07. The number of hydrogen-bond donors (Lipinski definition) is 0. The molecule has 94 valence electrons. The van der Waals surface area contributed by atoms with Crippen molar-refractivity contribution in [1.82, 2.24) is 19.9 Å². The standard InChI is InChI=1S/C11H19N5O/c1-6-10-13-11(17-14-10)9(7-15(2)3)12-8-16(4)5/h7-8H,6H2,1-5H3/b9-7+,12-8?. The van der Waals surface area contributed by atoms with Gasteiger partial charge in [0.15, 0.2) is 5.82 Å².